The number of benzene rings is 3. The number of carbonyl (C=O) groups excluding carboxylic acids is 3. The first-order valence-electron chi connectivity index (χ1n) is 23.8. The molecule has 6 heterocycles. The summed E-state index contributed by atoms with van der Waals surface area (Å²) in [5.74, 6) is 0.712. The Kier molecular flexibility index (Phi) is 11.8. The van der Waals surface area contributed by atoms with Gasteiger partial charge in [-0.3, -0.25) is 19.3 Å². The number of nitrogens with one attached hydrogen (secondary N) is 1. The molecule has 365 valence electrons. The highest BCUT2D eigenvalue weighted by Crippen LogP contribution is 2.66. The highest BCUT2D eigenvalue weighted by Gasteiger charge is 2.77. The second-order valence-electron chi connectivity index (χ2n) is 20.9. The van der Waals surface area contributed by atoms with Gasteiger partial charge >= 0.3 is 0 Å². The van der Waals surface area contributed by atoms with Crippen molar-refractivity contribution >= 4 is 55.4 Å². The molecule has 13 atom stereocenters. The maximum atomic E-state index is 12.5. The van der Waals surface area contributed by atoms with Gasteiger partial charge in [-0.15, -0.1) is 0 Å². The largest absolute Gasteiger partial charge is 1.00 e. The highest BCUT2D eigenvalue weighted by atomic mass is 35.5. The van der Waals surface area contributed by atoms with Crippen LogP contribution in [0.5, 0.6) is 34.5 Å². The number of phenols is 3. The summed E-state index contributed by atoms with van der Waals surface area (Å²) in [6.45, 7) is 1.94. The quantitative estimate of drug-likeness (QED) is 0.0798. The molecule has 3 aromatic carbocycles. The van der Waals surface area contributed by atoms with Gasteiger partial charge in [-0.1, -0.05) is 18.2 Å². The molecule has 22 heteroatoms. The summed E-state index contributed by atoms with van der Waals surface area (Å²) in [5.41, 5.74) is -0.628. The van der Waals surface area contributed by atoms with Crippen molar-refractivity contribution in [2.75, 3.05) is 33.7 Å². The average molecular weight is 990 g/mol. The van der Waals surface area contributed by atoms with Gasteiger partial charge in [-0.2, -0.15) is 4.65 Å². The second-order valence-corrected chi connectivity index (χ2v) is 20.9. The molecule has 3 fully saturated rings. The van der Waals surface area contributed by atoms with Crippen LogP contribution in [0.15, 0.2) is 72.9 Å². The smallest absolute Gasteiger partial charge is 0.197 e. The standard InChI is InChI=1S/C17H17NO5.C17H17NO4.C16H15NO4.B3.B2.ClH/c1-18(22)7-6-16-13-9-2-3-10(19)14(13)23-15(16)11(20)4-5-17(16,21)12(18)8-9;1-18-7-6-16-13-9-2-3-10(19)14(13)22-15(16)11(20)4-5-17(16,21)12(18)8-9;18-9-2-1-8-7-11-16(20)4-3-10(19)14-15(16,5-6-17-11)12(8)13(9)21-14;1-3-2;1-2;/h2-5,12,15,21-22H,6-8H2,1H3;2-5,12,15,19,21H,6-8H2,1H3;1-4,11,14,17-18,20H,5-7H2;;;1H/t12?,15-,16-,17+,18+;12?,15-,16-,17+;11?,14-,15-,16+;;;/m000.../s1. The van der Waals surface area contributed by atoms with E-state index in [4.69, 9.17) is 14.2 Å². The van der Waals surface area contributed by atoms with Gasteiger partial charge in [0.15, 0.2) is 81.8 Å². The molecule has 3 spiro atoms. The minimum atomic E-state index is -1.38. The zero-order valence-electron chi connectivity index (χ0n) is 39.5. The molecule has 16 nitrogen and oxygen atoms in total. The normalized spacial score (nSPS) is 39.6. The average Bonchev–Trinajstić information content (AvgIpc) is 4.02. The number of hydroxylamine groups is 3. The van der Waals surface area contributed by atoms with E-state index in [-0.39, 0.29) is 63.7 Å². The molecule has 3 saturated heterocycles. The molecule has 0 amide bonds. The molecule has 0 saturated carbocycles. The summed E-state index contributed by atoms with van der Waals surface area (Å²) in [6.07, 6.45) is 10.2. The van der Waals surface area contributed by atoms with E-state index < -0.39 is 57.4 Å². The molecule has 3 unspecified atom stereocenters. The Bertz CT molecular complexity index is 2950. The van der Waals surface area contributed by atoms with E-state index in [0.29, 0.717) is 62.3 Å². The lowest BCUT2D eigenvalue weighted by Crippen LogP contribution is -3.00. The first kappa shape index (κ1) is 50.6. The third-order valence-corrected chi connectivity index (χ3v) is 18.2. The molecule has 0 aromatic heterocycles. The van der Waals surface area contributed by atoms with Crippen molar-refractivity contribution in [2.24, 2.45) is 0 Å². The van der Waals surface area contributed by atoms with Gasteiger partial charge in [-0.25, -0.2) is 5.21 Å². The molecular formula is C50H50B5ClN3O13. The number of halogens is 1. The number of rotatable bonds is 0. The van der Waals surface area contributed by atoms with Crippen molar-refractivity contribution in [1.29, 1.82) is 0 Å². The number of likely N-dealkylation sites (N-methyl/N-ethyl adjacent to an activating group) is 2. The van der Waals surface area contributed by atoms with Gasteiger partial charge < -0.3 is 62.6 Å². The van der Waals surface area contributed by atoms with Gasteiger partial charge in [-0.05, 0) is 117 Å². The number of likely N-dealkylation sites (tertiary alicyclic amines) is 2. The first-order chi connectivity index (χ1) is 33.8. The van der Waals surface area contributed by atoms with Crippen LogP contribution in [0.2, 0.25) is 0 Å². The summed E-state index contributed by atoms with van der Waals surface area (Å²) in [7, 11) is 21.7. The summed E-state index contributed by atoms with van der Waals surface area (Å²) in [4.78, 5) is 39.4. The van der Waals surface area contributed by atoms with Crippen LogP contribution in [0.1, 0.15) is 52.6 Å². The van der Waals surface area contributed by atoms with Crippen LogP contribution in [-0.2, 0) is 49.9 Å². The topological polar surface area (TPSA) is 236 Å². The molecule has 72 heavy (non-hydrogen) atoms. The van der Waals surface area contributed by atoms with E-state index in [1.54, 1.807) is 37.4 Å². The maximum absolute atomic E-state index is 12.5. The summed E-state index contributed by atoms with van der Waals surface area (Å²) in [6, 6.07) is 9.68. The molecular weight excluding hydrogens is 940 g/mol. The Morgan fingerprint density at radius 2 is 1.07 bits per heavy atom. The SMILES string of the molecule is CN1CC[C@]23c4c5ccc(O)c4O[C@H]2C(=O)C=C[C@@]3(O)C1C5.C[N@@+]1(O)CC[C@]23c4c5ccc(O)c4O[C@H]2C(=O)C=C[C@@]3(O)C1C5.O=C1C=C[C@@]2(O)C3Cc4ccc(O)c5c4[C@@]2(CCN3)[C@H]1O5.[B][B].[B][B][B].[Cl-]. The number of ether oxygens (including phenoxy) is 3. The highest BCUT2D eigenvalue weighted by molar-refractivity contribution is 7.17. The van der Waals surface area contributed by atoms with Crippen molar-refractivity contribution in [3.63, 3.8) is 0 Å². The van der Waals surface area contributed by atoms with E-state index >= 15 is 0 Å². The Labute approximate surface area is 427 Å². The van der Waals surface area contributed by atoms with Crippen LogP contribution in [0.4, 0.5) is 0 Å². The van der Waals surface area contributed by atoms with Crippen molar-refractivity contribution < 1.29 is 81.5 Å². The van der Waals surface area contributed by atoms with E-state index in [0.717, 1.165) is 53.5 Å². The van der Waals surface area contributed by atoms with Crippen molar-refractivity contribution in [3.8, 4) is 34.5 Å². The number of phenolic OH excluding ortho intramolecular Hbond substituents is 3. The molecule has 6 aliphatic carbocycles. The number of nitrogens with zero attached hydrogens (tertiary/aromatic N) is 2. The fraction of sp³-hybridized carbons (Fsp3) is 0.460. The van der Waals surface area contributed by atoms with Crippen molar-refractivity contribution in [1.82, 2.24) is 10.2 Å². The first-order valence-corrected chi connectivity index (χ1v) is 23.8. The van der Waals surface area contributed by atoms with Crippen LogP contribution in [0.25, 0.3) is 0 Å². The number of quaternary nitrogens is 1. The molecule has 9 radical (unpaired) electrons. The van der Waals surface area contributed by atoms with Gasteiger partial charge in [0.25, 0.3) is 0 Å². The predicted octanol–water partition coefficient (Wildman–Crippen LogP) is -3.77. The summed E-state index contributed by atoms with van der Waals surface area (Å²) < 4.78 is 17.3. The van der Waals surface area contributed by atoms with Crippen molar-refractivity contribution in [2.45, 2.75) is 108 Å². The fourth-order valence-electron chi connectivity index (χ4n) is 15.3. The third-order valence-electron chi connectivity index (χ3n) is 18.2. The number of carbonyl (C=O) groups is 3. The molecule has 6 bridgehead atoms. The lowest BCUT2D eigenvalue weighted by atomic mass is 9.40. The lowest BCUT2D eigenvalue weighted by Gasteiger charge is -2.60. The Balaban J connectivity index is 0.000000118. The second kappa shape index (κ2) is 16.8. The molecule has 8 N–H and O–H groups in total. The van der Waals surface area contributed by atoms with Crippen LogP contribution in [0, 0.1) is 0 Å². The monoisotopic (exact) mass is 990 g/mol. The molecule has 3 aromatic rings. The van der Waals surface area contributed by atoms with Gasteiger partial charge in [0.05, 0.1) is 23.3 Å². The van der Waals surface area contributed by atoms with Gasteiger partial charge in [0, 0.05) is 79.6 Å². The number of ketones is 3. The van der Waals surface area contributed by atoms with Crippen LogP contribution in [0.3, 0.4) is 0 Å². The van der Waals surface area contributed by atoms with E-state index in [1.165, 1.54) is 24.3 Å². The van der Waals surface area contributed by atoms with Gasteiger partial charge in [0.1, 0.15) is 17.7 Å². The van der Waals surface area contributed by atoms with E-state index in [2.05, 4.69) is 41.2 Å². The number of aromatic hydroxyl groups is 3. The Morgan fingerprint density at radius 1 is 0.653 bits per heavy atom. The van der Waals surface area contributed by atoms with Gasteiger partial charge in [0.2, 0.25) is 0 Å². The number of hydrogen-bond donors (Lipinski definition) is 8. The van der Waals surface area contributed by atoms with Crippen LogP contribution in [-0.4, -0.2) is 188 Å². The lowest BCUT2D eigenvalue weighted by molar-refractivity contribution is -1.11. The molecule has 12 aliphatic rings. The number of hydrogen-bond acceptors (Lipinski definition) is 15. The molecule has 15 rings (SSSR count). The third kappa shape index (κ3) is 5.99. The van der Waals surface area contributed by atoms with Crippen LogP contribution >= 0.6 is 0 Å². The summed E-state index contributed by atoms with van der Waals surface area (Å²) in [5, 5.41) is 79.2. The minimum absolute atomic E-state index is 0. The summed E-state index contributed by atoms with van der Waals surface area (Å²) >= 11 is 0. The minimum Gasteiger partial charge on any atom is -1.00 e. The van der Waals surface area contributed by atoms with Crippen molar-refractivity contribution in [3.05, 3.63) is 106 Å². The fourth-order valence-corrected chi connectivity index (χ4v) is 15.3. The Hall–Kier alpha value is -4.98. The zero-order valence-corrected chi connectivity index (χ0v) is 40.3. The van der Waals surface area contributed by atoms with E-state index in [9.17, 15) is 50.2 Å². The molecule has 6 aliphatic heterocycles. The predicted molar refractivity (Wildman–Crippen MR) is 258 cm³/mol. The van der Waals surface area contributed by atoms with E-state index in [1.807, 2.05) is 25.2 Å². The Morgan fingerprint density at radius 3 is 1.57 bits per heavy atom. The number of piperidine rings is 3. The zero-order chi connectivity index (χ0) is 50.6. The maximum Gasteiger partial charge on any atom is 0.197 e. The van der Waals surface area contributed by atoms with Crippen LogP contribution < -0.4 is 31.9 Å². The number of aliphatic hydroxyl groups is 3.